The minimum atomic E-state index is 0.855. The molecule has 4 heteroatoms. The van der Waals surface area contributed by atoms with Crippen molar-refractivity contribution in [1.82, 2.24) is 10.3 Å². The Balaban J connectivity index is 1.99. The van der Waals surface area contributed by atoms with Gasteiger partial charge in [0.05, 0.1) is 6.54 Å². The summed E-state index contributed by atoms with van der Waals surface area (Å²) in [6.07, 6.45) is 1.97. The Bertz CT molecular complexity index is 553. The quantitative estimate of drug-likeness (QED) is 0.678. The molecule has 1 aliphatic heterocycles. The number of nitrogens with zero attached hydrogens (tertiary/aromatic N) is 1. The van der Waals surface area contributed by atoms with Gasteiger partial charge in [-0.25, -0.2) is 0 Å². The smallest absolute Gasteiger partial charge is 0.195 e. The summed E-state index contributed by atoms with van der Waals surface area (Å²) >= 11 is 0. The van der Waals surface area contributed by atoms with Crippen molar-refractivity contribution >= 4 is 22.5 Å². The molecule has 0 aliphatic carbocycles. The molecule has 2 aromatic rings. The molecule has 0 amide bonds. The van der Waals surface area contributed by atoms with Crippen LogP contribution >= 0.6 is 0 Å². The average Bonchev–Trinajstić information content (AvgIpc) is 2.93. The van der Waals surface area contributed by atoms with Crippen LogP contribution in [0.3, 0.4) is 0 Å². The molecule has 16 heavy (non-hydrogen) atoms. The second kappa shape index (κ2) is 3.56. The molecule has 0 fully saturated rings. The van der Waals surface area contributed by atoms with Gasteiger partial charge in [0.1, 0.15) is 0 Å². The Kier molecular flexibility index (Phi) is 2.06. The molecule has 1 aromatic heterocycles. The first-order valence-corrected chi connectivity index (χ1v) is 5.46. The average molecular weight is 214 g/mol. The zero-order valence-electron chi connectivity index (χ0n) is 9.17. The Labute approximate surface area is 93.8 Å². The summed E-state index contributed by atoms with van der Waals surface area (Å²) in [7, 11) is 0. The van der Waals surface area contributed by atoms with E-state index in [0.29, 0.717) is 0 Å². The molecule has 0 bridgehead atoms. The van der Waals surface area contributed by atoms with Gasteiger partial charge in [-0.3, -0.25) is 4.99 Å². The number of benzene rings is 1. The number of anilines is 1. The van der Waals surface area contributed by atoms with Gasteiger partial charge >= 0.3 is 0 Å². The maximum absolute atomic E-state index is 4.33. The Morgan fingerprint density at radius 3 is 3.06 bits per heavy atom. The summed E-state index contributed by atoms with van der Waals surface area (Å²) in [4.78, 5) is 7.53. The molecule has 0 saturated carbocycles. The molecule has 1 aliphatic rings. The second-order valence-corrected chi connectivity index (χ2v) is 3.96. The third-order valence-electron chi connectivity index (χ3n) is 2.93. The van der Waals surface area contributed by atoms with E-state index >= 15 is 0 Å². The molecule has 0 spiro atoms. The first kappa shape index (κ1) is 9.27. The van der Waals surface area contributed by atoms with Gasteiger partial charge in [0.25, 0.3) is 0 Å². The number of aromatic nitrogens is 1. The van der Waals surface area contributed by atoms with Crippen LogP contribution in [0, 0.1) is 6.92 Å². The van der Waals surface area contributed by atoms with Gasteiger partial charge in [-0.15, -0.1) is 0 Å². The van der Waals surface area contributed by atoms with Crippen molar-refractivity contribution in [2.45, 2.75) is 6.92 Å². The summed E-state index contributed by atoms with van der Waals surface area (Å²) in [5, 5.41) is 7.77. The van der Waals surface area contributed by atoms with Gasteiger partial charge in [-0.1, -0.05) is 0 Å². The van der Waals surface area contributed by atoms with Crippen LogP contribution in [0.5, 0.6) is 0 Å². The van der Waals surface area contributed by atoms with E-state index in [9.17, 15) is 0 Å². The predicted molar refractivity (Wildman–Crippen MR) is 67.0 cm³/mol. The first-order valence-electron chi connectivity index (χ1n) is 5.46. The van der Waals surface area contributed by atoms with E-state index < -0.39 is 0 Å². The fraction of sp³-hybridized carbons (Fsp3) is 0.250. The standard InChI is InChI=1S/C12H14N4/c1-8-9-4-5-13-11(9)3-2-10(8)16-12-14-6-7-15-12/h2-5,13H,6-7H2,1H3,(H2,14,15,16). The highest BCUT2D eigenvalue weighted by Crippen LogP contribution is 2.24. The maximum Gasteiger partial charge on any atom is 0.195 e. The number of nitrogens with one attached hydrogen (secondary N) is 3. The predicted octanol–water partition coefficient (Wildman–Crippen LogP) is 1.85. The number of H-pyrrole nitrogens is 1. The largest absolute Gasteiger partial charge is 0.361 e. The molecule has 0 atom stereocenters. The SMILES string of the molecule is Cc1c(NC2=NCCN2)ccc2[nH]ccc12. The molecule has 0 radical (unpaired) electrons. The number of rotatable bonds is 1. The fourth-order valence-corrected chi connectivity index (χ4v) is 2.03. The Morgan fingerprint density at radius 2 is 2.25 bits per heavy atom. The van der Waals surface area contributed by atoms with E-state index in [1.165, 1.54) is 16.5 Å². The fourth-order valence-electron chi connectivity index (χ4n) is 2.03. The van der Waals surface area contributed by atoms with Crippen molar-refractivity contribution in [2.24, 2.45) is 4.99 Å². The van der Waals surface area contributed by atoms with Crippen LogP contribution in [0.15, 0.2) is 29.4 Å². The number of fused-ring (bicyclic) bond motifs is 1. The molecule has 2 heterocycles. The minimum absolute atomic E-state index is 0.855. The highest BCUT2D eigenvalue weighted by atomic mass is 15.2. The summed E-state index contributed by atoms with van der Waals surface area (Å²) in [6, 6.07) is 6.26. The summed E-state index contributed by atoms with van der Waals surface area (Å²) in [5.74, 6) is 0.873. The summed E-state index contributed by atoms with van der Waals surface area (Å²) < 4.78 is 0. The summed E-state index contributed by atoms with van der Waals surface area (Å²) in [6.45, 7) is 3.90. The lowest BCUT2D eigenvalue weighted by molar-refractivity contribution is 0.959. The Hall–Kier alpha value is -1.97. The number of aryl methyl sites for hydroxylation is 1. The molecular weight excluding hydrogens is 200 g/mol. The van der Waals surface area contributed by atoms with Crippen LogP contribution in [-0.4, -0.2) is 24.0 Å². The van der Waals surface area contributed by atoms with Gasteiger partial charge in [-0.05, 0) is 30.7 Å². The van der Waals surface area contributed by atoms with Crippen LogP contribution in [0.4, 0.5) is 5.69 Å². The van der Waals surface area contributed by atoms with Gasteiger partial charge in [0.2, 0.25) is 0 Å². The summed E-state index contributed by atoms with van der Waals surface area (Å²) in [5.41, 5.74) is 3.53. The van der Waals surface area contributed by atoms with E-state index in [2.05, 4.69) is 45.7 Å². The number of aliphatic imine (C=N–C) groups is 1. The van der Waals surface area contributed by atoms with E-state index in [4.69, 9.17) is 0 Å². The van der Waals surface area contributed by atoms with Crippen molar-refractivity contribution in [2.75, 3.05) is 18.4 Å². The number of guanidine groups is 1. The topological polar surface area (TPSA) is 52.2 Å². The van der Waals surface area contributed by atoms with Crippen molar-refractivity contribution in [3.63, 3.8) is 0 Å². The van der Waals surface area contributed by atoms with Crippen LogP contribution in [0.2, 0.25) is 0 Å². The molecule has 3 N–H and O–H groups in total. The van der Waals surface area contributed by atoms with Crippen LogP contribution < -0.4 is 10.6 Å². The maximum atomic E-state index is 4.33. The minimum Gasteiger partial charge on any atom is -0.361 e. The van der Waals surface area contributed by atoms with Gasteiger partial charge < -0.3 is 15.6 Å². The normalized spacial score (nSPS) is 14.9. The zero-order valence-corrected chi connectivity index (χ0v) is 9.17. The number of aromatic amines is 1. The molecule has 82 valence electrons. The molecule has 4 nitrogen and oxygen atoms in total. The third kappa shape index (κ3) is 1.43. The van der Waals surface area contributed by atoms with Gasteiger partial charge in [-0.2, -0.15) is 0 Å². The second-order valence-electron chi connectivity index (χ2n) is 3.96. The highest BCUT2D eigenvalue weighted by molar-refractivity contribution is 5.98. The third-order valence-corrected chi connectivity index (χ3v) is 2.93. The lowest BCUT2D eigenvalue weighted by Crippen LogP contribution is -2.26. The molecule has 0 unspecified atom stereocenters. The Morgan fingerprint density at radius 1 is 1.31 bits per heavy atom. The van der Waals surface area contributed by atoms with Crippen LogP contribution in [-0.2, 0) is 0 Å². The van der Waals surface area contributed by atoms with Gasteiger partial charge in [0.15, 0.2) is 5.96 Å². The van der Waals surface area contributed by atoms with E-state index in [1.807, 2.05) is 6.20 Å². The van der Waals surface area contributed by atoms with Crippen molar-refractivity contribution in [3.8, 4) is 0 Å². The first-order chi connectivity index (χ1) is 7.84. The monoisotopic (exact) mass is 214 g/mol. The highest BCUT2D eigenvalue weighted by Gasteiger charge is 2.08. The molecule has 1 aromatic carbocycles. The lowest BCUT2D eigenvalue weighted by atomic mass is 10.1. The van der Waals surface area contributed by atoms with E-state index in [-0.39, 0.29) is 0 Å². The number of hydrogen-bond donors (Lipinski definition) is 3. The lowest BCUT2D eigenvalue weighted by Gasteiger charge is -2.10. The van der Waals surface area contributed by atoms with Crippen molar-refractivity contribution in [3.05, 3.63) is 30.0 Å². The molecule has 3 rings (SSSR count). The van der Waals surface area contributed by atoms with Crippen molar-refractivity contribution < 1.29 is 0 Å². The van der Waals surface area contributed by atoms with Gasteiger partial charge in [0, 0.05) is 29.3 Å². The van der Waals surface area contributed by atoms with Crippen LogP contribution in [0.25, 0.3) is 10.9 Å². The zero-order chi connectivity index (χ0) is 11.0. The van der Waals surface area contributed by atoms with Crippen LogP contribution in [0.1, 0.15) is 5.56 Å². The molecule has 0 saturated heterocycles. The van der Waals surface area contributed by atoms with E-state index in [1.54, 1.807) is 0 Å². The van der Waals surface area contributed by atoms with E-state index in [0.717, 1.165) is 24.7 Å². The number of hydrogen-bond acceptors (Lipinski definition) is 3. The van der Waals surface area contributed by atoms with Crippen molar-refractivity contribution in [1.29, 1.82) is 0 Å². The molecular formula is C12H14N4.